The molecule has 12 heteroatoms. The van der Waals surface area contributed by atoms with E-state index in [9.17, 15) is 14.9 Å². The number of aryl methyl sites for hydroxylation is 1. The van der Waals surface area contributed by atoms with E-state index in [2.05, 4.69) is 21.6 Å². The summed E-state index contributed by atoms with van der Waals surface area (Å²) in [7, 11) is 3.10. The lowest BCUT2D eigenvalue weighted by Gasteiger charge is -2.38. The number of ether oxygens (including phenoxy) is 2. The standard InChI is InChI=1S/C30H30N6O4S2/c1-16-7-5-8-21(17(16)2)33-25(38)15-41-30-35-34-29(42-30)36-22-9-6-10-23(37)27(22)26(20(14-31)28(36)32)19-13-18(39-3)11-12-24(19)40-4/h5,7-8,11-13,26H,6,9-10,15,32H2,1-4H3,(H,33,38). The molecule has 0 spiro atoms. The molecule has 2 heterocycles. The van der Waals surface area contributed by atoms with Gasteiger partial charge >= 0.3 is 0 Å². The van der Waals surface area contributed by atoms with Crippen LogP contribution in [-0.2, 0) is 9.59 Å². The van der Waals surface area contributed by atoms with Crippen molar-refractivity contribution in [2.45, 2.75) is 43.4 Å². The zero-order valence-corrected chi connectivity index (χ0v) is 25.3. The zero-order chi connectivity index (χ0) is 30.0. The lowest BCUT2D eigenvalue weighted by molar-refractivity contribution is -0.116. The Morgan fingerprint density at radius 1 is 1.21 bits per heavy atom. The SMILES string of the molecule is COc1ccc(OC)c(C2C(C#N)=C(N)N(c3nnc(SCC(=O)Nc4cccc(C)c4C)s3)C3=C2C(=O)CCC3)c1. The van der Waals surface area contributed by atoms with Crippen molar-refractivity contribution < 1.29 is 19.1 Å². The molecule has 1 aromatic heterocycles. The van der Waals surface area contributed by atoms with E-state index >= 15 is 0 Å². The van der Waals surface area contributed by atoms with Crippen molar-refractivity contribution in [2.75, 3.05) is 30.2 Å². The number of nitriles is 1. The summed E-state index contributed by atoms with van der Waals surface area (Å²) in [6, 6.07) is 13.3. The predicted octanol–water partition coefficient (Wildman–Crippen LogP) is 5.21. The minimum Gasteiger partial charge on any atom is -0.497 e. The van der Waals surface area contributed by atoms with Crippen LogP contribution in [0.1, 0.15) is 41.9 Å². The lowest BCUT2D eigenvalue weighted by atomic mass is 9.75. The van der Waals surface area contributed by atoms with Crippen molar-refractivity contribution in [1.29, 1.82) is 5.26 Å². The number of ketones is 1. The fourth-order valence-electron chi connectivity index (χ4n) is 5.23. The Morgan fingerprint density at radius 2 is 2.02 bits per heavy atom. The Labute approximate surface area is 252 Å². The first kappa shape index (κ1) is 29.2. The molecule has 0 saturated carbocycles. The number of benzene rings is 2. The summed E-state index contributed by atoms with van der Waals surface area (Å²) in [6.45, 7) is 3.96. The van der Waals surface area contributed by atoms with Gasteiger partial charge in [-0.15, -0.1) is 10.2 Å². The number of methoxy groups -OCH3 is 2. The second kappa shape index (κ2) is 12.3. The van der Waals surface area contributed by atoms with Crippen LogP contribution < -0.4 is 25.4 Å². The van der Waals surface area contributed by atoms with Crippen LogP contribution in [0.4, 0.5) is 10.8 Å². The van der Waals surface area contributed by atoms with Crippen LogP contribution in [0.5, 0.6) is 11.5 Å². The number of nitrogens with zero attached hydrogens (tertiary/aromatic N) is 4. The van der Waals surface area contributed by atoms with Gasteiger partial charge in [0.25, 0.3) is 0 Å². The summed E-state index contributed by atoms with van der Waals surface area (Å²) < 4.78 is 11.6. The van der Waals surface area contributed by atoms with E-state index in [1.807, 2.05) is 32.0 Å². The molecule has 42 heavy (non-hydrogen) atoms. The summed E-state index contributed by atoms with van der Waals surface area (Å²) >= 11 is 2.51. The maximum atomic E-state index is 13.5. The molecular formula is C30H30N6O4S2. The molecule has 1 unspecified atom stereocenters. The lowest BCUT2D eigenvalue weighted by Crippen LogP contribution is -2.38. The normalized spacial score (nSPS) is 16.7. The van der Waals surface area contributed by atoms with Gasteiger partial charge < -0.3 is 20.5 Å². The van der Waals surface area contributed by atoms with Crippen LogP contribution in [0.2, 0.25) is 0 Å². The highest BCUT2D eigenvalue weighted by atomic mass is 32.2. The third-order valence-corrected chi connectivity index (χ3v) is 9.50. The topological polar surface area (TPSA) is 143 Å². The fourth-order valence-corrected chi connectivity index (χ4v) is 6.91. The molecule has 0 radical (unpaired) electrons. The second-order valence-corrected chi connectivity index (χ2v) is 12.0. The number of Topliss-reactive ketones (excluding diaryl/α,β-unsaturated/α-hetero) is 1. The van der Waals surface area contributed by atoms with Crippen LogP contribution in [0.25, 0.3) is 0 Å². The first-order chi connectivity index (χ1) is 20.3. The minimum atomic E-state index is -0.713. The molecule has 3 aromatic rings. The molecule has 10 nitrogen and oxygen atoms in total. The molecule has 0 bridgehead atoms. The van der Waals surface area contributed by atoms with Crippen molar-refractivity contribution in [3.63, 3.8) is 0 Å². The van der Waals surface area contributed by atoms with E-state index in [1.165, 1.54) is 23.1 Å². The first-order valence-electron chi connectivity index (χ1n) is 13.3. The van der Waals surface area contributed by atoms with Crippen LogP contribution in [0.3, 0.4) is 0 Å². The summed E-state index contributed by atoms with van der Waals surface area (Å²) in [5, 5.41) is 22.3. The maximum absolute atomic E-state index is 13.5. The molecule has 216 valence electrons. The molecule has 3 N–H and O–H groups in total. The van der Waals surface area contributed by atoms with E-state index in [0.29, 0.717) is 57.1 Å². The van der Waals surface area contributed by atoms with Gasteiger partial charge in [-0.2, -0.15) is 5.26 Å². The molecule has 2 aromatic carbocycles. The Kier molecular flexibility index (Phi) is 8.51. The Hall–Kier alpha value is -4.34. The van der Waals surface area contributed by atoms with Gasteiger partial charge in [-0.05, 0) is 62.1 Å². The summed E-state index contributed by atoms with van der Waals surface area (Å²) in [4.78, 5) is 27.8. The Morgan fingerprint density at radius 3 is 2.76 bits per heavy atom. The highest BCUT2D eigenvalue weighted by Gasteiger charge is 2.42. The summed E-state index contributed by atoms with van der Waals surface area (Å²) in [5.41, 5.74) is 11.6. The number of hydrogen-bond donors (Lipinski definition) is 2. The van der Waals surface area contributed by atoms with Gasteiger partial charge in [0, 0.05) is 28.9 Å². The van der Waals surface area contributed by atoms with Crippen LogP contribution in [-0.4, -0.2) is 41.9 Å². The number of carbonyl (C=O) groups is 2. The number of nitrogens with two attached hydrogens (primary N) is 1. The van der Waals surface area contributed by atoms with E-state index in [0.717, 1.165) is 16.8 Å². The molecule has 0 fully saturated rings. The molecule has 0 saturated heterocycles. The number of carbonyl (C=O) groups excluding carboxylic acids is 2. The number of amides is 1. The molecular weight excluding hydrogens is 573 g/mol. The zero-order valence-electron chi connectivity index (χ0n) is 23.7. The Balaban J connectivity index is 1.46. The van der Waals surface area contributed by atoms with E-state index in [-0.39, 0.29) is 28.8 Å². The second-order valence-electron chi connectivity index (χ2n) is 9.86. The highest BCUT2D eigenvalue weighted by Crippen LogP contribution is 2.49. The first-order valence-corrected chi connectivity index (χ1v) is 15.1. The van der Waals surface area contributed by atoms with E-state index < -0.39 is 5.92 Å². The number of rotatable bonds is 8. The van der Waals surface area contributed by atoms with Crippen molar-refractivity contribution in [3.05, 3.63) is 75.8 Å². The van der Waals surface area contributed by atoms with Gasteiger partial charge in [0.2, 0.25) is 11.0 Å². The maximum Gasteiger partial charge on any atom is 0.234 e. The monoisotopic (exact) mass is 602 g/mol. The fraction of sp³-hybridized carbons (Fsp3) is 0.300. The molecule has 1 aliphatic carbocycles. The van der Waals surface area contributed by atoms with Gasteiger partial charge in [0.05, 0.1) is 37.5 Å². The smallest absolute Gasteiger partial charge is 0.234 e. The molecule has 2 aliphatic rings. The molecule has 1 aliphatic heterocycles. The third-order valence-electron chi connectivity index (χ3n) is 7.45. The van der Waals surface area contributed by atoms with Crippen molar-refractivity contribution in [3.8, 4) is 17.6 Å². The largest absolute Gasteiger partial charge is 0.497 e. The van der Waals surface area contributed by atoms with E-state index in [4.69, 9.17) is 15.2 Å². The number of aromatic nitrogens is 2. The average molecular weight is 603 g/mol. The van der Waals surface area contributed by atoms with Crippen LogP contribution in [0.15, 0.2) is 63.4 Å². The Bertz CT molecular complexity index is 1670. The van der Waals surface area contributed by atoms with Gasteiger partial charge in [-0.3, -0.25) is 14.5 Å². The van der Waals surface area contributed by atoms with Crippen molar-refractivity contribution >= 4 is 45.6 Å². The number of nitrogens with one attached hydrogen (secondary N) is 1. The molecule has 5 rings (SSSR count). The van der Waals surface area contributed by atoms with Gasteiger partial charge in [-0.25, -0.2) is 0 Å². The molecule has 1 amide bonds. The average Bonchev–Trinajstić information content (AvgIpc) is 3.46. The minimum absolute atomic E-state index is 0.0569. The van der Waals surface area contributed by atoms with Gasteiger partial charge in [0.1, 0.15) is 17.3 Å². The van der Waals surface area contributed by atoms with Crippen LogP contribution >= 0.6 is 23.1 Å². The third kappa shape index (κ3) is 5.45. The number of thioether (sulfide) groups is 1. The summed E-state index contributed by atoms with van der Waals surface area (Å²) in [5.74, 6) is 0.485. The number of anilines is 2. The quantitative estimate of drug-likeness (QED) is 0.330. The van der Waals surface area contributed by atoms with Gasteiger partial charge in [-0.1, -0.05) is 35.2 Å². The predicted molar refractivity (Wildman–Crippen MR) is 163 cm³/mol. The highest BCUT2D eigenvalue weighted by molar-refractivity contribution is 8.01. The summed E-state index contributed by atoms with van der Waals surface area (Å²) in [6.07, 6.45) is 1.58. The van der Waals surface area contributed by atoms with E-state index in [1.54, 1.807) is 37.3 Å². The van der Waals surface area contributed by atoms with Crippen LogP contribution in [0, 0.1) is 25.2 Å². The van der Waals surface area contributed by atoms with Gasteiger partial charge in [0.15, 0.2) is 10.1 Å². The van der Waals surface area contributed by atoms with Crippen molar-refractivity contribution in [1.82, 2.24) is 10.2 Å². The molecule has 1 atom stereocenters. The number of allylic oxidation sites excluding steroid dienone is 3. The number of hydrogen-bond acceptors (Lipinski definition) is 11. The van der Waals surface area contributed by atoms with Crippen molar-refractivity contribution in [2.24, 2.45) is 5.73 Å².